The molecule has 1 atom stereocenters. The van der Waals surface area contributed by atoms with Gasteiger partial charge in [-0.1, -0.05) is 66.8 Å². The fourth-order valence-corrected chi connectivity index (χ4v) is 5.56. The third-order valence-corrected chi connectivity index (χ3v) is 8.42. The Morgan fingerprint density at radius 2 is 1.44 bits per heavy atom. The summed E-state index contributed by atoms with van der Waals surface area (Å²) < 4.78 is 28.5. The molecule has 0 saturated heterocycles. The molecule has 0 fully saturated rings. The number of anilines is 1. The van der Waals surface area contributed by atoms with Gasteiger partial charge in [0, 0.05) is 28.2 Å². The van der Waals surface area contributed by atoms with Gasteiger partial charge in [0.1, 0.15) is 12.6 Å². The van der Waals surface area contributed by atoms with E-state index >= 15 is 0 Å². The van der Waals surface area contributed by atoms with Crippen molar-refractivity contribution in [3.63, 3.8) is 0 Å². The van der Waals surface area contributed by atoms with Crippen molar-refractivity contribution >= 4 is 62.3 Å². The number of benzene rings is 3. The lowest BCUT2D eigenvalue weighted by Gasteiger charge is -2.32. The van der Waals surface area contributed by atoms with Crippen LogP contribution in [0.15, 0.2) is 77.7 Å². The molecule has 2 amide bonds. The summed E-state index contributed by atoms with van der Waals surface area (Å²) >= 11 is 18.2. The molecule has 0 heterocycles. The number of carbonyl (C=O) groups excluding carboxylic acids is 2. The van der Waals surface area contributed by atoms with E-state index in [0.29, 0.717) is 21.6 Å². The predicted molar refractivity (Wildman–Crippen MR) is 157 cm³/mol. The number of halogens is 3. The number of rotatable bonds is 11. The quantitative estimate of drug-likeness (QED) is 0.287. The molecule has 7 nitrogen and oxygen atoms in total. The van der Waals surface area contributed by atoms with Crippen LogP contribution in [0.25, 0.3) is 0 Å². The lowest BCUT2D eigenvalue weighted by atomic mass is 10.1. The van der Waals surface area contributed by atoms with Crippen LogP contribution in [-0.4, -0.2) is 44.3 Å². The van der Waals surface area contributed by atoms with Crippen LogP contribution < -0.4 is 9.62 Å². The normalized spacial score (nSPS) is 12.2. The van der Waals surface area contributed by atoms with Crippen molar-refractivity contribution < 1.29 is 18.0 Å². The molecule has 0 aliphatic carbocycles. The molecule has 0 bridgehead atoms. The molecule has 0 spiro atoms. The summed E-state index contributed by atoms with van der Waals surface area (Å²) in [6.07, 6.45) is 0. The van der Waals surface area contributed by atoms with Crippen LogP contribution in [0.4, 0.5) is 5.69 Å². The van der Waals surface area contributed by atoms with E-state index in [9.17, 15) is 18.0 Å². The number of sulfonamides is 1. The molecule has 3 aromatic carbocycles. The minimum Gasteiger partial charge on any atom is -0.354 e. The minimum absolute atomic E-state index is 0.0494. The summed E-state index contributed by atoms with van der Waals surface area (Å²) in [5.74, 6) is -0.708. The Bertz CT molecular complexity index is 1400. The van der Waals surface area contributed by atoms with Crippen molar-refractivity contribution in [2.45, 2.75) is 38.3 Å². The van der Waals surface area contributed by atoms with E-state index in [4.69, 9.17) is 34.8 Å². The highest BCUT2D eigenvalue weighted by Crippen LogP contribution is 2.27. The average molecular weight is 611 g/mol. The van der Waals surface area contributed by atoms with Crippen molar-refractivity contribution in [2.24, 2.45) is 5.92 Å². The van der Waals surface area contributed by atoms with Gasteiger partial charge in [0.2, 0.25) is 11.8 Å². The second-order valence-corrected chi connectivity index (χ2v) is 12.6. The van der Waals surface area contributed by atoms with Gasteiger partial charge in [0.15, 0.2) is 0 Å². The number of hydrogen-bond acceptors (Lipinski definition) is 4. The van der Waals surface area contributed by atoms with Gasteiger partial charge in [-0.3, -0.25) is 13.9 Å². The molecule has 208 valence electrons. The Morgan fingerprint density at radius 1 is 0.846 bits per heavy atom. The van der Waals surface area contributed by atoms with E-state index in [1.165, 1.54) is 35.2 Å². The topological polar surface area (TPSA) is 86.8 Å². The van der Waals surface area contributed by atoms with Crippen LogP contribution in [0.2, 0.25) is 15.1 Å². The first kappa shape index (κ1) is 30.8. The summed E-state index contributed by atoms with van der Waals surface area (Å²) in [5.41, 5.74) is 0.931. The van der Waals surface area contributed by atoms with Crippen molar-refractivity contribution in [1.82, 2.24) is 10.2 Å². The molecule has 0 saturated carbocycles. The van der Waals surface area contributed by atoms with Crippen LogP contribution in [0.1, 0.15) is 26.3 Å². The van der Waals surface area contributed by atoms with Gasteiger partial charge in [-0.2, -0.15) is 0 Å². The van der Waals surface area contributed by atoms with E-state index in [1.807, 2.05) is 13.8 Å². The maximum atomic E-state index is 13.9. The standard InChI is InChI=1S/C28H30Cl3N3O4S/c1-19(2)16-32-28(36)20(3)33(17-21-7-9-22(29)10-8-21)27(35)18-34(25-6-4-5-24(31)15-25)39(37,38)26-13-11-23(30)12-14-26/h4-15,19-20H,16-18H2,1-3H3,(H,32,36). The SMILES string of the molecule is CC(C)CNC(=O)C(C)N(Cc1ccc(Cl)cc1)C(=O)CN(c1cccc(Cl)c1)S(=O)(=O)c1ccc(Cl)cc1. The molecular weight excluding hydrogens is 581 g/mol. The summed E-state index contributed by atoms with van der Waals surface area (Å²) in [4.78, 5) is 28.2. The third kappa shape index (κ3) is 8.35. The average Bonchev–Trinajstić information content (AvgIpc) is 2.89. The van der Waals surface area contributed by atoms with Crippen LogP contribution in [0.5, 0.6) is 0 Å². The smallest absolute Gasteiger partial charge is 0.264 e. The van der Waals surface area contributed by atoms with Gasteiger partial charge < -0.3 is 10.2 Å². The molecule has 3 rings (SSSR count). The van der Waals surface area contributed by atoms with Gasteiger partial charge >= 0.3 is 0 Å². The van der Waals surface area contributed by atoms with Crippen LogP contribution in [0.3, 0.4) is 0 Å². The zero-order valence-electron chi connectivity index (χ0n) is 21.8. The molecular formula is C28H30Cl3N3O4S. The van der Waals surface area contributed by atoms with Crippen LogP contribution in [0, 0.1) is 5.92 Å². The lowest BCUT2D eigenvalue weighted by Crippen LogP contribution is -2.51. The Balaban J connectivity index is 2.01. The molecule has 3 aromatic rings. The maximum absolute atomic E-state index is 13.9. The van der Waals surface area contributed by atoms with Gasteiger partial charge in [-0.25, -0.2) is 8.42 Å². The van der Waals surface area contributed by atoms with Gasteiger partial charge in [0.05, 0.1) is 10.6 Å². The molecule has 39 heavy (non-hydrogen) atoms. The number of nitrogens with zero attached hydrogens (tertiary/aromatic N) is 2. The summed E-state index contributed by atoms with van der Waals surface area (Å²) in [7, 11) is -4.21. The first-order valence-electron chi connectivity index (χ1n) is 12.2. The Labute approximate surface area is 244 Å². The lowest BCUT2D eigenvalue weighted by molar-refractivity contribution is -0.139. The highest BCUT2D eigenvalue weighted by Gasteiger charge is 2.32. The van der Waals surface area contributed by atoms with E-state index in [0.717, 1.165) is 9.87 Å². The van der Waals surface area contributed by atoms with Gasteiger partial charge in [-0.05, 0) is 73.0 Å². The van der Waals surface area contributed by atoms with Crippen molar-refractivity contribution in [3.05, 3.63) is 93.4 Å². The molecule has 11 heteroatoms. The second kappa shape index (κ2) is 13.5. The number of amides is 2. The highest BCUT2D eigenvalue weighted by atomic mass is 35.5. The van der Waals surface area contributed by atoms with Crippen LogP contribution >= 0.6 is 34.8 Å². The second-order valence-electron chi connectivity index (χ2n) is 9.41. The van der Waals surface area contributed by atoms with Gasteiger partial charge in [-0.15, -0.1) is 0 Å². The van der Waals surface area contributed by atoms with E-state index in [1.54, 1.807) is 49.4 Å². The number of nitrogens with one attached hydrogen (secondary N) is 1. The Morgan fingerprint density at radius 3 is 2.00 bits per heavy atom. The minimum atomic E-state index is -4.21. The van der Waals surface area contributed by atoms with Crippen molar-refractivity contribution in [2.75, 3.05) is 17.4 Å². The molecule has 0 radical (unpaired) electrons. The monoisotopic (exact) mass is 609 g/mol. The first-order chi connectivity index (χ1) is 18.4. The number of carbonyl (C=O) groups is 2. The predicted octanol–water partition coefficient (Wildman–Crippen LogP) is 6.03. The molecule has 0 aliphatic rings. The van der Waals surface area contributed by atoms with E-state index < -0.39 is 28.5 Å². The van der Waals surface area contributed by atoms with Gasteiger partial charge in [0.25, 0.3) is 10.0 Å². The van der Waals surface area contributed by atoms with E-state index in [2.05, 4.69) is 5.32 Å². The first-order valence-corrected chi connectivity index (χ1v) is 14.8. The van der Waals surface area contributed by atoms with Crippen molar-refractivity contribution in [3.8, 4) is 0 Å². The Hall–Kier alpha value is -2.78. The van der Waals surface area contributed by atoms with E-state index in [-0.39, 0.29) is 29.0 Å². The Kier molecular flexibility index (Phi) is 10.7. The number of hydrogen-bond donors (Lipinski definition) is 1. The third-order valence-electron chi connectivity index (χ3n) is 5.89. The highest BCUT2D eigenvalue weighted by molar-refractivity contribution is 7.92. The maximum Gasteiger partial charge on any atom is 0.264 e. The fourth-order valence-electron chi connectivity index (χ4n) is 3.72. The van der Waals surface area contributed by atoms with Crippen LogP contribution in [-0.2, 0) is 26.2 Å². The zero-order chi connectivity index (χ0) is 28.7. The summed E-state index contributed by atoms with van der Waals surface area (Å²) in [6, 6.07) is 17.9. The summed E-state index contributed by atoms with van der Waals surface area (Å²) in [6.45, 7) is 5.47. The molecule has 0 aromatic heterocycles. The molecule has 1 N–H and O–H groups in total. The largest absolute Gasteiger partial charge is 0.354 e. The molecule has 1 unspecified atom stereocenters. The fraction of sp³-hybridized carbons (Fsp3) is 0.286. The summed E-state index contributed by atoms with van der Waals surface area (Å²) in [5, 5.41) is 4.05. The zero-order valence-corrected chi connectivity index (χ0v) is 24.9. The van der Waals surface area contributed by atoms with Crippen molar-refractivity contribution in [1.29, 1.82) is 0 Å². The molecule has 0 aliphatic heterocycles.